The highest BCUT2D eigenvalue weighted by Crippen LogP contribution is 2.10. The number of halogens is 1. The Morgan fingerprint density at radius 2 is 2.12 bits per heavy atom. The van der Waals surface area contributed by atoms with E-state index in [4.69, 9.17) is 11.6 Å². The Morgan fingerprint density at radius 3 is 2.75 bits per heavy atom. The van der Waals surface area contributed by atoms with Gasteiger partial charge in [-0.2, -0.15) is 5.21 Å². The molecule has 1 atom stereocenters. The number of benzene rings is 1. The second kappa shape index (κ2) is 5.05. The number of nitrogens with zero attached hydrogens (tertiary/aromatic N) is 3. The zero-order chi connectivity index (χ0) is 11.4. The van der Waals surface area contributed by atoms with Crippen LogP contribution in [0.4, 0.5) is 0 Å². The van der Waals surface area contributed by atoms with Crippen LogP contribution in [0.15, 0.2) is 24.3 Å². The smallest absolute Gasteiger partial charge is 0.191 e. The molecular weight excluding hydrogens is 226 g/mol. The van der Waals surface area contributed by atoms with Gasteiger partial charge in [0.1, 0.15) is 0 Å². The predicted octanol–water partition coefficient (Wildman–Crippen LogP) is 1.70. The molecular formula is C10H12ClN5. The topological polar surface area (TPSA) is 66.5 Å². The highest BCUT2D eigenvalue weighted by molar-refractivity contribution is 6.30. The van der Waals surface area contributed by atoms with Crippen LogP contribution in [0, 0.1) is 0 Å². The quantitative estimate of drug-likeness (QED) is 0.850. The van der Waals surface area contributed by atoms with Crippen LogP contribution in [0.3, 0.4) is 0 Å². The van der Waals surface area contributed by atoms with Gasteiger partial charge in [-0.15, -0.1) is 10.2 Å². The van der Waals surface area contributed by atoms with E-state index < -0.39 is 0 Å². The molecule has 0 bridgehead atoms. The van der Waals surface area contributed by atoms with E-state index in [2.05, 4.69) is 25.9 Å². The van der Waals surface area contributed by atoms with Gasteiger partial charge < -0.3 is 5.32 Å². The molecule has 1 heterocycles. The fraction of sp³-hybridized carbons (Fsp3) is 0.300. The van der Waals surface area contributed by atoms with Crippen LogP contribution in [-0.4, -0.2) is 20.6 Å². The highest BCUT2D eigenvalue weighted by Gasteiger charge is 2.08. The van der Waals surface area contributed by atoms with E-state index in [-0.39, 0.29) is 6.04 Å². The van der Waals surface area contributed by atoms with Crippen molar-refractivity contribution < 1.29 is 0 Å². The van der Waals surface area contributed by atoms with Crippen LogP contribution in [0.1, 0.15) is 24.4 Å². The number of hydrogen-bond donors (Lipinski definition) is 2. The molecule has 6 heteroatoms. The van der Waals surface area contributed by atoms with Crippen molar-refractivity contribution in [1.82, 2.24) is 25.9 Å². The standard InChI is InChI=1S/C10H12ClN5/c1-7(10-13-15-16-14-10)12-6-8-2-4-9(11)5-3-8/h2-5,7,12H,6H2,1H3,(H,13,14,15,16). The normalized spacial score (nSPS) is 12.6. The van der Waals surface area contributed by atoms with Crippen LogP contribution >= 0.6 is 11.6 Å². The van der Waals surface area contributed by atoms with Crippen molar-refractivity contribution in [2.45, 2.75) is 19.5 Å². The summed E-state index contributed by atoms with van der Waals surface area (Å²) in [5.74, 6) is 0.661. The molecule has 2 aromatic rings. The van der Waals surface area contributed by atoms with Gasteiger partial charge in [-0.25, -0.2) is 0 Å². The van der Waals surface area contributed by atoms with Gasteiger partial charge in [-0.1, -0.05) is 28.9 Å². The van der Waals surface area contributed by atoms with Gasteiger partial charge in [0.05, 0.1) is 6.04 Å². The van der Waals surface area contributed by atoms with Crippen LogP contribution < -0.4 is 5.32 Å². The molecule has 1 aromatic carbocycles. The minimum absolute atomic E-state index is 0.0643. The summed E-state index contributed by atoms with van der Waals surface area (Å²) < 4.78 is 0. The first kappa shape index (κ1) is 11.0. The fourth-order valence-corrected chi connectivity index (χ4v) is 1.44. The third-order valence-corrected chi connectivity index (χ3v) is 2.53. The van der Waals surface area contributed by atoms with Crippen LogP contribution in [-0.2, 0) is 6.54 Å². The van der Waals surface area contributed by atoms with E-state index in [0.29, 0.717) is 5.82 Å². The number of H-pyrrole nitrogens is 1. The zero-order valence-electron chi connectivity index (χ0n) is 8.81. The molecule has 2 rings (SSSR count). The van der Waals surface area contributed by atoms with E-state index in [1.54, 1.807) is 0 Å². The summed E-state index contributed by atoms with van der Waals surface area (Å²) in [5, 5.41) is 17.8. The van der Waals surface area contributed by atoms with Gasteiger partial charge >= 0.3 is 0 Å². The lowest BCUT2D eigenvalue weighted by molar-refractivity contribution is 0.547. The SMILES string of the molecule is CC(NCc1ccc(Cl)cc1)c1nn[nH]n1. The van der Waals surface area contributed by atoms with Crippen molar-refractivity contribution in [3.05, 3.63) is 40.7 Å². The van der Waals surface area contributed by atoms with Crippen LogP contribution in [0.5, 0.6) is 0 Å². The zero-order valence-corrected chi connectivity index (χ0v) is 9.57. The summed E-state index contributed by atoms with van der Waals surface area (Å²) in [4.78, 5) is 0. The Labute approximate surface area is 98.2 Å². The van der Waals surface area contributed by atoms with Gasteiger partial charge in [-0.3, -0.25) is 0 Å². The van der Waals surface area contributed by atoms with Crippen molar-refractivity contribution in [2.75, 3.05) is 0 Å². The first-order valence-electron chi connectivity index (χ1n) is 4.97. The van der Waals surface area contributed by atoms with Gasteiger partial charge in [0.15, 0.2) is 5.82 Å². The van der Waals surface area contributed by atoms with Crippen molar-refractivity contribution in [3.63, 3.8) is 0 Å². The van der Waals surface area contributed by atoms with E-state index in [9.17, 15) is 0 Å². The molecule has 2 N–H and O–H groups in total. The summed E-state index contributed by atoms with van der Waals surface area (Å²) in [7, 11) is 0. The molecule has 0 saturated heterocycles. The molecule has 1 aromatic heterocycles. The van der Waals surface area contributed by atoms with Gasteiger partial charge in [0.25, 0.3) is 0 Å². The predicted molar refractivity (Wildman–Crippen MR) is 60.9 cm³/mol. The van der Waals surface area contributed by atoms with E-state index in [1.165, 1.54) is 5.56 Å². The van der Waals surface area contributed by atoms with Crippen LogP contribution in [0.2, 0.25) is 5.02 Å². The minimum atomic E-state index is 0.0643. The molecule has 5 nitrogen and oxygen atoms in total. The molecule has 0 saturated carbocycles. The first-order chi connectivity index (χ1) is 7.75. The average molecular weight is 238 g/mol. The van der Waals surface area contributed by atoms with Crippen LogP contribution in [0.25, 0.3) is 0 Å². The molecule has 0 amide bonds. The second-order valence-electron chi connectivity index (χ2n) is 3.50. The first-order valence-corrected chi connectivity index (χ1v) is 5.34. The van der Waals surface area contributed by atoms with E-state index in [0.717, 1.165) is 11.6 Å². The Balaban J connectivity index is 1.90. The lowest BCUT2D eigenvalue weighted by Gasteiger charge is -2.09. The second-order valence-corrected chi connectivity index (χ2v) is 3.94. The fourth-order valence-electron chi connectivity index (χ4n) is 1.32. The highest BCUT2D eigenvalue weighted by atomic mass is 35.5. The monoisotopic (exact) mass is 237 g/mol. The Morgan fingerprint density at radius 1 is 1.38 bits per heavy atom. The third kappa shape index (κ3) is 2.77. The average Bonchev–Trinajstić information content (AvgIpc) is 2.81. The van der Waals surface area contributed by atoms with E-state index >= 15 is 0 Å². The Bertz CT molecular complexity index is 425. The molecule has 84 valence electrons. The van der Waals surface area contributed by atoms with Gasteiger partial charge in [0, 0.05) is 11.6 Å². The summed E-state index contributed by atoms with van der Waals surface area (Å²) in [6.07, 6.45) is 0. The lowest BCUT2D eigenvalue weighted by atomic mass is 10.2. The molecule has 16 heavy (non-hydrogen) atoms. The third-order valence-electron chi connectivity index (χ3n) is 2.27. The number of aromatic nitrogens is 4. The molecule has 0 fully saturated rings. The Kier molecular flexibility index (Phi) is 3.48. The molecule has 0 aliphatic heterocycles. The largest absolute Gasteiger partial charge is 0.303 e. The minimum Gasteiger partial charge on any atom is -0.303 e. The van der Waals surface area contributed by atoms with Crippen molar-refractivity contribution in [2.24, 2.45) is 0 Å². The lowest BCUT2D eigenvalue weighted by Crippen LogP contribution is -2.19. The Hall–Kier alpha value is -1.46. The molecule has 1 unspecified atom stereocenters. The number of aromatic amines is 1. The van der Waals surface area contributed by atoms with Crippen molar-refractivity contribution in [1.29, 1.82) is 0 Å². The summed E-state index contributed by atoms with van der Waals surface area (Å²) >= 11 is 5.80. The number of tetrazole rings is 1. The van der Waals surface area contributed by atoms with Crippen molar-refractivity contribution in [3.8, 4) is 0 Å². The van der Waals surface area contributed by atoms with Crippen molar-refractivity contribution >= 4 is 11.6 Å². The molecule has 0 radical (unpaired) electrons. The number of rotatable bonds is 4. The maximum Gasteiger partial charge on any atom is 0.191 e. The summed E-state index contributed by atoms with van der Waals surface area (Å²) in [6.45, 7) is 2.73. The number of hydrogen-bond acceptors (Lipinski definition) is 4. The summed E-state index contributed by atoms with van der Waals surface area (Å²) in [6, 6.07) is 7.78. The molecule has 0 spiro atoms. The van der Waals surface area contributed by atoms with Gasteiger partial charge in [-0.05, 0) is 24.6 Å². The maximum atomic E-state index is 5.80. The molecule has 0 aliphatic rings. The molecule has 0 aliphatic carbocycles. The maximum absolute atomic E-state index is 5.80. The number of nitrogens with one attached hydrogen (secondary N) is 2. The van der Waals surface area contributed by atoms with E-state index in [1.807, 2.05) is 31.2 Å². The summed E-state index contributed by atoms with van der Waals surface area (Å²) in [5.41, 5.74) is 1.17. The van der Waals surface area contributed by atoms with Gasteiger partial charge in [0.2, 0.25) is 0 Å².